The van der Waals surface area contributed by atoms with E-state index in [2.05, 4.69) is 0 Å². The van der Waals surface area contributed by atoms with Crippen LogP contribution >= 0.6 is 12.2 Å². The van der Waals surface area contributed by atoms with Crippen LogP contribution in [0.15, 0.2) is 11.0 Å². The molecule has 1 aliphatic heterocycles. The Kier molecular flexibility index (Phi) is 3.77. The van der Waals surface area contributed by atoms with Gasteiger partial charge >= 0.3 is 0 Å². The molecule has 3 unspecified atom stereocenters. The number of rotatable bonds is 2. The van der Waals surface area contributed by atoms with Gasteiger partial charge in [0.2, 0.25) is 5.82 Å². The number of hydrogen-bond donors (Lipinski definition) is 4. The van der Waals surface area contributed by atoms with Gasteiger partial charge in [0.1, 0.15) is 12.2 Å². The van der Waals surface area contributed by atoms with Crippen LogP contribution in [-0.2, 0) is 4.74 Å². The Morgan fingerprint density at radius 1 is 1.70 bits per heavy atom. The number of nitrogens with zero attached hydrogens (tertiary/aromatic N) is 1. The third-order valence-electron chi connectivity index (χ3n) is 3.07. The van der Waals surface area contributed by atoms with Gasteiger partial charge in [-0.05, 0) is 12.2 Å². The summed E-state index contributed by atoms with van der Waals surface area (Å²) in [5.74, 6) is 0.789. The van der Waals surface area contributed by atoms with Crippen molar-refractivity contribution in [1.29, 1.82) is 0 Å². The van der Waals surface area contributed by atoms with Crippen molar-refractivity contribution >= 4 is 12.2 Å². The smallest absolute Gasteiger partial charge is 0.287 e. The van der Waals surface area contributed by atoms with Gasteiger partial charge < -0.3 is 20.1 Å². The molecular formula is C11H11FN2O5S. The molecule has 4 atom stereocenters. The highest BCUT2D eigenvalue weighted by Crippen LogP contribution is 2.37. The first-order valence-corrected chi connectivity index (χ1v) is 5.91. The lowest BCUT2D eigenvalue weighted by Gasteiger charge is -2.26. The molecule has 4 N–H and O–H groups in total. The number of aromatic amines is 1. The first kappa shape index (κ1) is 14.8. The SMILES string of the molecule is C#C[C@@]1(O)C(O)C(CO)OC1n1cc(F)c(=O)[nH]c1=S. The van der Waals surface area contributed by atoms with Gasteiger partial charge in [-0.15, -0.1) is 6.42 Å². The van der Waals surface area contributed by atoms with E-state index in [4.69, 9.17) is 28.5 Å². The van der Waals surface area contributed by atoms with E-state index in [1.165, 1.54) is 0 Å². The predicted molar refractivity (Wildman–Crippen MR) is 66.6 cm³/mol. The zero-order valence-corrected chi connectivity index (χ0v) is 10.8. The van der Waals surface area contributed by atoms with Crippen LogP contribution in [0.5, 0.6) is 0 Å². The highest BCUT2D eigenvalue weighted by Gasteiger charge is 2.55. The summed E-state index contributed by atoms with van der Waals surface area (Å²) in [5.41, 5.74) is -3.26. The second-order valence-corrected chi connectivity index (χ2v) is 4.65. The van der Waals surface area contributed by atoms with Gasteiger partial charge in [-0.3, -0.25) is 14.3 Å². The summed E-state index contributed by atoms with van der Waals surface area (Å²) >= 11 is 4.84. The maximum Gasteiger partial charge on any atom is 0.287 e. The predicted octanol–water partition coefficient (Wildman–Crippen LogP) is -1.34. The molecule has 1 saturated heterocycles. The number of aliphatic hydroxyl groups is 3. The number of nitrogens with one attached hydrogen (secondary N) is 1. The normalized spacial score (nSPS) is 33.0. The maximum absolute atomic E-state index is 13.3. The van der Waals surface area contributed by atoms with E-state index in [0.29, 0.717) is 6.20 Å². The molecule has 0 spiro atoms. The van der Waals surface area contributed by atoms with Crippen molar-refractivity contribution < 1.29 is 24.4 Å². The zero-order chi connectivity index (χ0) is 15.1. The Bertz CT molecular complexity index is 681. The fraction of sp³-hybridized carbons (Fsp3) is 0.455. The van der Waals surface area contributed by atoms with Crippen LogP contribution in [0.4, 0.5) is 4.39 Å². The second kappa shape index (κ2) is 5.08. The Morgan fingerprint density at radius 2 is 2.35 bits per heavy atom. The van der Waals surface area contributed by atoms with E-state index in [1.54, 1.807) is 0 Å². The molecule has 7 nitrogen and oxygen atoms in total. The summed E-state index contributed by atoms with van der Waals surface area (Å²) < 4.78 is 19.2. The van der Waals surface area contributed by atoms with Gasteiger partial charge in [0.15, 0.2) is 16.6 Å². The Balaban J connectivity index is 2.58. The Hall–Kier alpha value is -1.57. The molecule has 1 aromatic heterocycles. The van der Waals surface area contributed by atoms with Gasteiger partial charge in [-0.25, -0.2) is 0 Å². The Labute approximate surface area is 117 Å². The molecule has 0 amide bonds. The van der Waals surface area contributed by atoms with Crippen LogP contribution in [0.2, 0.25) is 0 Å². The van der Waals surface area contributed by atoms with Crippen molar-refractivity contribution in [2.75, 3.05) is 6.61 Å². The molecule has 0 aromatic carbocycles. The van der Waals surface area contributed by atoms with E-state index in [1.807, 2.05) is 10.9 Å². The quantitative estimate of drug-likeness (QED) is 0.398. The molecule has 20 heavy (non-hydrogen) atoms. The topological polar surface area (TPSA) is 108 Å². The number of aromatic nitrogens is 2. The van der Waals surface area contributed by atoms with Gasteiger partial charge in [0.05, 0.1) is 12.8 Å². The van der Waals surface area contributed by atoms with Gasteiger partial charge in [-0.2, -0.15) is 4.39 Å². The second-order valence-electron chi connectivity index (χ2n) is 4.27. The fourth-order valence-corrected chi connectivity index (χ4v) is 2.23. The minimum atomic E-state index is -2.23. The number of aliphatic hydroxyl groups excluding tert-OH is 2. The standard InChI is InChI=1S/C11H11FN2O5S/c1-2-11(18)7(16)6(4-15)19-9(11)14-3-5(12)8(17)13-10(14)20/h1,3,6-7,9,15-16,18H,4H2,(H,13,17,20)/t6?,7?,9?,11-/m1/s1. The van der Waals surface area contributed by atoms with E-state index >= 15 is 0 Å². The molecule has 108 valence electrons. The summed E-state index contributed by atoms with van der Waals surface area (Å²) in [6.45, 7) is -0.610. The average molecular weight is 302 g/mol. The molecule has 0 bridgehead atoms. The monoisotopic (exact) mass is 302 g/mol. The van der Waals surface area contributed by atoms with Crippen molar-refractivity contribution in [2.24, 2.45) is 0 Å². The highest BCUT2D eigenvalue weighted by atomic mass is 32.1. The molecule has 0 aliphatic carbocycles. The van der Waals surface area contributed by atoms with Gasteiger partial charge in [0, 0.05) is 0 Å². The zero-order valence-electron chi connectivity index (χ0n) is 9.99. The van der Waals surface area contributed by atoms with E-state index in [9.17, 15) is 19.4 Å². The van der Waals surface area contributed by atoms with Crippen LogP contribution in [-0.4, -0.2) is 49.3 Å². The average Bonchev–Trinajstić information content (AvgIpc) is 2.67. The summed E-state index contributed by atoms with van der Waals surface area (Å²) in [6.07, 6.45) is 1.68. The highest BCUT2D eigenvalue weighted by molar-refractivity contribution is 7.71. The molecule has 2 rings (SSSR count). The third kappa shape index (κ3) is 2.07. The molecule has 1 aliphatic rings. The van der Waals surface area contributed by atoms with Crippen LogP contribution < -0.4 is 5.56 Å². The van der Waals surface area contributed by atoms with Crippen molar-refractivity contribution in [2.45, 2.75) is 24.0 Å². The van der Waals surface area contributed by atoms with E-state index in [0.717, 1.165) is 4.57 Å². The summed E-state index contributed by atoms with van der Waals surface area (Å²) in [5, 5.41) is 29.2. The van der Waals surface area contributed by atoms with Crippen molar-refractivity contribution in [3.63, 3.8) is 0 Å². The molecule has 0 radical (unpaired) electrons. The van der Waals surface area contributed by atoms with E-state index in [-0.39, 0.29) is 4.77 Å². The third-order valence-corrected chi connectivity index (χ3v) is 3.38. The number of ether oxygens (including phenoxy) is 1. The molecule has 1 aromatic rings. The van der Waals surface area contributed by atoms with Crippen molar-refractivity contribution in [3.8, 4) is 12.3 Å². The van der Waals surface area contributed by atoms with Crippen molar-refractivity contribution in [3.05, 3.63) is 27.1 Å². The number of halogens is 1. The van der Waals surface area contributed by atoms with Crippen LogP contribution in [0.25, 0.3) is 0 Å². The first-order chi connectivity index (χ1) is 9.35. The summed E-state index contributed by atoms with van der Waals surface area (Å²) in [7, 11) is 0. The van der Waals surface area contributed by atoms with Gasteiger partial charge in [0.25, 0.3) is 5.56 Å². The molecule has 9 heteroatoms. The fourth-order valence-electron chi connectivity index (χ4n) is 1.99. The summed E-state index contributed by atoms with van der Waals surface area (Å²) in [4.78, 5) is 13.1. The lowest BCUT2D eigenvalue weighted by molar-refractivity contribution is -0.0759. The maximum atomic E-state index is 13.3. The summed E-state index contributed by atoms with van der Waals surface area (Å²) in [6, 6.07) is 0. The van der Waals surface area contributed by atoms with E-state index < -0.39 is 42.0 Å². The number of H-pyrrole nitrogens is 1. The Morgan fingerprint density at radius 3 is 2.90 bits per heavy atom. The van der Waals surface area contributed by atoms with Gasteiger partial charge in [-0.1, -0.05) is 5.92 Å². The van der Waals surface area contributed by atoms with Crippen LogP contribution in [0.1, 0.15) is 6.23 Å². The molecular weight excluding hydrogens is 291 g/mol. The van der Waals surface area contributed by atoms with Crippen LogP contribution in [0, 0.1) is 22.9 Å². The number of hydrogen-bond acceptors (Lipinski definition) is 6. The first-order valence-electron chi connectivity index (χ1n) is 5.50. The largest absolute Gasteiger partial charge is 0.394 e. The molecule has 2 heterocycles. The lowest BCUT2D eigenvalue weighted by Crippen LogP contribution is -2.46. The molecule has 0 saturated carbocycles. The minimum absolute atomic E-state index is 0.249. The number of terminal acetylenes is 1. The molecule has 1 fully saturated rings. The lowest BCUT2D eigenvalue weighted by atomic mass is 9.95. The van der Waals surface area contributed by atoms with Crippen molar-refractivity contribution in [1.82, 2.24) is 9.55 Å². The minimum Gasteiger partial charge on any atom is -0.394 e. The van der Waals surface area contributed by atoms with Crippen LogP contribution in [0.3, 0.4) is 0 Å².